The molecule has 4 rings (SSSR count). The highest BCUT2D eigenvalue weighted by Gasteiger charge is 2.40. The van der Waals surface area contributed by atoms with Gasteiger partial charge in [0, 0.05) is 26.2 Å². The Kier molecular flexibility index (Phi) is 6.10. The molecule has 0 aromatic heterocycles. The summed E-state index contributed by atoms with van der Waals surface area (Å²) in [5, 5.41) is 3.76. The molecule has 156 valence electrons. The van der Waals surface area contributed by atoms with Gasteiger partial charge in [-0.25, -0.2) is 0 Å². The van der Waals surface area contributed by atoms with E-state index in [9.17, 15) is 0 Å². The van der Waals surface area contributed by atoms with Crippen LogP contribution in [0.1, 0.15) is 60.4 Å². The molecule has 0 spiro atoms. The topological polar surface area (TPSA) is 24.5 Å². The fraction of sp³-hybridized carbons (Fsp3) is 0.538. The summed E-state index contributed by atoms with van der Waals surface area (Å²) < 4.78 is 5.64. The fourth-order valence-electron chi connectivity index (χ4n) is 4.61. The van der Waals surface area contributed by atoms with Crippen molar-refractivity contribution in [3.8, 4) is 0 Å². The van der Waals surface area contributed by atoms with E-state index in [-0.39, 0.29) is 5.41 Å². The molecule has 2 aliphatic rings. The molecule has 2 heterocycles. The molecule has 1 saturated heterocycles. The van der Waals surface area contributed by atoms with Gasteiger partial charge in [0.15, 0.2) is 0 Å². The smallest absolute Gasteiger partial charge is 0.0598 e. The average Bonchev–Trinajstić information content (AvgIpc) is 2.69. The van der Waals surface area contributed by atoms with Crippen molar-refractivity contribution in [2.75, 3.05) is 39.9 Å². The van der Waals surface area contributed by atoms with Crippen LogP contribution in [-0.4, -0.2) is 44.8 Å². The zero-order valence-electron chi connectivity index (χ0n) is 18.5. The van der Waals surface area contributed by atoms with E-state index < -0.39 is 0 Å². The molecule has 3 heteroatoms. The summed E-state index contributed by atoms with van der Waals surface area (Å²) in [6.07, 6.45) is 1.17. The van der Waals surface area contributed by atoms with Crippen LogP contribution >= 0.6 is 0 Å². The zero-order chi connectivity index (χ0) is 20.4. The first kappa shape index (κ1) is 20.6. The van der Waals surface area contributed by atoms with Crippen LogP contribution < -0.4 is 5.32 Å². The van der Waals surface area contributed by atoms with E-state index in [2.05, 4.69) is 80.5 Å². The Morgan fingerprint density at radius 2 is 1.72 bits per heavy atom. The maximum absolute atomic E-state index is 5.64. The Labute approximate surface area is 176 Å². The molecule has 29 heavy (non-hydrogen) atoms. The maximum Gasteiger partial charge on any atom is 0.0598 e. The maximum atomic E-state index is 5.64. The van der Waals surface area contributed by atoms with Crippen molar-refractivity contribution in [2.45, 2.75) is 51.0 Å². The normalized spacial score (nSPS) is 19.6. The van der Waals surface area contributed by atoms with Gasteiger partial charge in [0.1, 0.15) is 0 Å². The van der Waals surface area contributed by atoms with Gasteiger partial charge in [0.25, 0.3) is 0 Å². The number of ether oxygens (including phenoxy) is 1. The molecule has 0 saturated carbocycles. The minimum Gasteiger partial charge on any atom is -0.379 e. The predicted octanol–water partition coefficient (Wildman–Crippen LogP) is 4.46. The van der Waals surface area contributed by atoms with Gasteiger partial charge in [-0.3, -0.25) is 0 Å². The van der Waals surface area contributed by atoms with E-state index >= 15 is 0 Å². The van der Waals surface area contributed by atoms with Crippen molar-refractivity contribution in [3.63, 3.8) is 0 Å². The third-order valence-corrected chi connectivity index (χ3v) is 6.86. The van der Waals surface area contributed by atoms with Gasteiger partial charge in [-0.1, -0.05) is 63.2 Å². The second-order valence-corrected chi connectivity index (χ2v) is 9.60. The quantitative estimate of drug-likeness (QED) is 0.753. The van der Waals surface area contributed by atoms with E-state index in [1.165, 1.54) is 35.2 Å². The van der Waals surface area contributed by atoms with Crippen molar-refractivity contribution >= 4 is 0 Å². The molecule has 2 aliphatic heterocycles. The van der Waals surface area contributed by atoms with Crippen LogP contribution in [0.5, 0.6) is 0 Å². The minimum atomic E-state index is 0.135. The van der Waals surface area contributed by atoms with Gasteiger partial charge in [-0.2, -0.15) is 0 Å². The Bertz CT molecular complexity index is 823. The largest absolute Gasteiger partial charge is 0.379 e. The molecule has 2 aromatic carbocycles. The van der Waals surface area contributed by atoms with Crippen LogP contribution in [0, 0.1) is 0 Å². The van der Waals surface area contributed by atoms with E-state index in [0.717, 1.165) is 32.8 Å². The lowest BCUT2D eigenvalue weighted by atomic mass is 9.78. The molecule has 0 radical (unpaired) electrons. The van der Waals surface area contributed by atoms with Crippen LogP contribution in [0.15, 0.2) is 42.5 Å². The van der Waals surface area contributed by atoms with Crippen molar-refractivity contribution in [2.24, 2.45) is 0 Å². The first-order valence-electron chi connectivity index (χ1n) is 11.2. The average molecular weight is 393 g/mol. The number of benzene rings is 2. The summed E-state index contributed by atoms with van der Waals surface area (Å²) in [6.45, 7) is 12.7. The van der Waals surface area contributed by atoms with Crippen LogP contribution in [0.3, 0.4) is 0 Å². The molecule has 3 nitrogen and oxygen atoms in total. The summed E-state index contributed by atoms with van der Waals surface area (Å²) in [4.78, 5) is 2.40. The van der Waals surface area contributed by atoms with Crippen molar-refractivity contribution in [1.82, 2.24) is 10.2 Å². The molecule has 0 bridgehead atoms. The van der Waals surface area contributed by atoms with Gasteiger partial charge >= 0.3 is 0 Å². The van der Waals surface area contributed by atoms with E-state index in [1.54, 1.807) is 5.56 Å². The minimum absolute atomic E-state index is 0.135. The fourth-order valence-corrected chi connectivity index (χ4v) is 4.61. The molecular weight excluding hydrogens is 356 g/mol. The third kappa shape index (κ3) is 4.42. The second kappa shape index (κ2) is 8.59. The van der Waals surface area contributed by atoms with Gasteiger partial charge < -0.3 is 15.0 Å². The van der Waals surface area contributed by atoms with Gasteiger partial charge in [0.05, 0.1) is 18.6 Å². The highest BCUT2D eigenvalue weighted by atomic mass is 16.5. The molecule has 1 N–H and O–H groups in total. The van der Waals surface area contributed by atoms with Gasteiger partial charge in [-0.15, -0.1) is 0 Å². The van der Waals surface area contributed by atoms with E-state index in [0.29, 0.717) is 11.8 Å². The van der Waals surface area contributed by atoms with Crippen molar-refractivity contribution in [3.05, 3.63) is 70.3 Å². The first-order valence-corrected chi connectivity index (χ1v) is 11.2. The number of nitrogens with zero attached hydrogens (tertiary/aromatic N) is 1. The number of nitrogens with one attached hydrogen (secondary N) is 1. The van der Waals surface area contributed by atoms with E-state index in [4.69, 9.17) is 4.74 Å². The molecule has 1 unspecified atom stereocenters. The number of rotatable bonds is 7. The van der Waals surface area contributed by atoms with Gasteiger partial charge in [0.2, 0.25) is 0 Å². The molecule has 2 aromatic rings. The highest BCUT2D eigenvalue weighted by Crippen LogP contribution is 2.33. The molecule has 0 aliphatic carbocycles. The Balaban J connectivity index is 1.36. The first-order chi connectivity index (χ1) is 14.0. The lowest BCUT2D eigenvalue weighted by Gasteiger charge is -2.42. The Morgan fingerprint density at radius 1 is 1.00 bits per heavy atom. The van der Waals surface area contributed by atoms with Crippen LogP contribution in [0.4, 0.5) is 0 Å². The molecular formula is C26H36N2O. The summed E-state index contributed by atoms with van der Waals surface area (Å²) in [7, 11) is 2.21. The van der Waals surface area contributed by atoms with Crippen LogP contribution in [0.25, 0.3) is 0 Å². The van der Waals surface area contributed by atoms with Crippen LogP contribution in [0.2, 0.25) is 0 Å². The monoisotopic (exact) mass is 392 g/mol. The molecule has 0 amide bonds. The summed E-state index contributed by atoms with van der Waals surface area (Å²) >= 11 is 0. The summed E-state index contributed by atoms with van der Waals surface area (Å²) in [5.74, 6) is 1.09. The molecule has 1 atom stereocenters. The Hall–Kier alpha value is -1.68. The SMILES string of the molecule is CC(C)c1ccc(C2(CNCC(C)c3ccc4c(c3)CCN(C)C4)COC2)cc1. The lowest BCUT2D eigenvalue weighted by molar-refractivity contribution is -0.0590. The third-order valence-electron chi connectivity index (χ3n) is 6.86. The number of likely N-dealkylation sites (N-methyl/N-ethyl adjacent to an activating group) is 1. The number of hydrogen-bond acceptors (Lipinski definition) is 3. The lowest BCUT2D eigenvalue weighted by Crippen LogP contribution is -2.53. The predicted molar refractivity (Wildman–Crippen MR) is 121 cm³/mol. The molecule has 1 fully saturated rings. The number of fused-ring (bicyclic) bond motifs is 1. The highest BCUT2D eigenvalue weighted by molar-refractivity contribution is 5.36. The van der Waals surface area contributed by atoms with Crippen LogP contribution in [-0.2, 0) is 23.1 Å². The second-order valence-electron chi connectivity index (χ2n) is 9.60. The standard InChI is InChI=1S/C26H36N2O/c1-19(2)21-7-9-25(10-8-21)26(17-29-18-26)16-27-14-20(3)22-5-6-24-15-28(4)12-11-23(24)13-22/h5-10,13,19-20,27H,11-12,14-18H2,1-4H3. The summed E-state index contributed by atoms with van der Waals surface area (Å²) in [5.41, 5.74) is 7.45. The van der Waals surface area contributed by atoms with E-state index in [1.807, 2.05) is 0 Å². The van der Waals surface area contributed by atoms with Crippen molar-refractivity contribution < 1.29 is 4.74 Å². The van der Waals surface area contributed by atoms with Crippen molar-refractivity contribution in [1.29, 1.82) is 0 Å². The van der Waals surface area contributed by atoms with Gasteiger partial charge in [-0.05, 0) is 53.1 Å². The Morgan fingerprint density at radius 3 is 2.38 bits per heavy atom. The zero-order valence-corrected chi connectivity index (χ0v) is 18.5. The summed E-state index contributed by atoms with van der Waals surface area (Å²) in [6, 6.07) is 16.3. The number of hydrogen-bond donors (Lipinski definition) is 1.